The summed E-state index contributed by atoms with van der Waals surface area (Å²) in [6.45, 7) is 5.36. The smallest absolute Gasteiger partial charge is 0.358 e. The second-order valence-corrected chi connectivity index (χ2v) is 0.569. The molecule has 0 bridgehead atoms. The first-order valence-corrected chi connectivity index (χ1v) is 1.32. The predicted octanol–water partition coefficient (Wildman–Crippen LogP) is 1.47. The van der Waals surface area contributed by atoms with Crippen LogP contribution in [0.2, 0.25) is 0 Å². The van der Waals surface area contributed by atoms with Gasteiger partial charge in [0.2, 0.25) is 0 Å². The Morgan fingerprint density at radius 3 is 1.67 bits per heavy atom. The number of hydrogen-bond donors (Lipinski definition) is 0. The fourth-order valence-electron chi connectivity index (χ4n) is 0. The summed E-state index contributed by atoms with van der Waals surface area (Å²) < 4.78 is 0. The van der Waals surface area contributed by atoms with Crippen LogP contribution in [0.1, 0.15) is 6.92 Å². The quantitative estimate of drug-likeness (QED) is 0.315. The molecule has 0 saturated heterocycles. The van der Waals surface area contributed by atoms with Crippen molar-refractivity contribution in [2.24, 2.45) is 0 Å². The van der Waals surface area contributed by atoms with Gasteiger partial charge in [-0.15, -0.1) is 6.92 Å². The van der Waals surface area contributed by atoms with Gasteiger partial charge in [0, 0.05) is 0 Å². The molecule has 0 saturated carbocycles. The maximum Gasteiger partial charge on any atom is 2.00 e. The molecule has 0 spiro atoms. The van der Waals surface area contributed by atoms with E-state index in [1.165, 1.54) is 0 Å². The zero-order valence-corrected chi connectivity index (χ0v) is 5.98. The molecule has 32 valence electrons. The van der Waals surface area contributed by atoms with Crippen LogP contribution >= 0.6 is 0 Å². The van der Waals surface area contributed by atoms with Crippen molar-refractivity contribution in [3.05, 3.63) is 26.5 Å². The second kappa shape index (κ2) is 18.2. The number of allylic oxidation sites excluding steroid dienone is 2. The first-order valence-electron chi connectivity index (χ1n) is 1.32. The molecule has 0 aromatic rings. The summed E-state index contributed by atoms with van der Waals surface area (Å²) in [4.78, 5) is 0. The van der Waals surface area contributed by atoms with Crippen LogP contribution in [0.25, 0.3) is 0 Å². The Labute approximate surface area is 56.8 Å². The molecular formula is C5H10Mg. The standard InChI is InChI=1S/C4H7.CH3.Mg/c1-3-4-2;;/h3-4H,1H2,2H3;1H3;/q2*-1;+2. The van der Waals surface area contributed by atoms with Gasteiger partial charge in [0.05, 0.1) is 0 Å². The monoisotopic (exact) mass is 94.1 g/mol. The van der Waals surface area contributed by atoms with Gasteiger partial charge in [-0.3, -0.25) is 0 Å². The van der Waals surface area contributed by atoms with Crippen molar-refractivity contribution < 1.29 is 0 Å². The van der Waals surface area contributed by atoms with Crippen molar-refractivity contribution in [3.8, 4) is 0 Å². The van der Waals surface area contributed by atoms with Crippen LogP contribution in [-0.4, -0.2) is 23.1 Å². The molecule has 0 heterocycles. The summed E-state index contributed by atoms with van der Waals surface area (Å²) in [5, 5.41) is 0. The summed E-state index contributed by atoms with van der Waals surface area (Å²) in [6, 6.07) is 0. The number of rotatable bonds is 0. The third-order valence-electron chi connectivity index (χ3n) is 0.236. The minimum Gasteiger partial charge on any atom is -0.358 e. The van der Waals surface area contributed by atoms with E-state index in [0.717, 1.165) is 0 Å². The van der Waals surface area contributed by atoms with E-state index in [-0.39, 0.29) is 30.5 Å². The van der Waals surface area contributed by atoms with Crippen molar-refractivity contribution >= 4 is 23.1 Å². The molecule has 1 heteroatoms. The van der Waals surface area contributed by atoms with Crippen molar-refractivity contribution in [2.75, 3.05) is 0 Å². The molecule has 0 N–H and O–H groups in total. The minimum atomic E-state index is 0. The molecule has 0 aliphatic carbocycles. The average molecular weight is 94.4 g/mol. The minimum absolute atomic E-state index is 0. The van der Waals surface area contributed by atoms with Crippen LogP contribution in [0.4, 0.5) is 0 Å². The normalized spacial score (nSPS) is 6.17. The molecule has 0 fully saturated rings. The SMILES string of the molecule is [CH2-]C=CC.[CH3-].[Mg+2]. The summed E-state index contributed by atoms with van der Waals surface area (Å²) in [5.74, 6) is 0. The fraction of sp³-hybridized carbons (Fsp3) is 0.200. The van der Waals surface area contributed by atoms with Crippen molar-refractivity contribution in [2.45, 2.75) is 6.92 Å². The topological polar surface area (TPSA) is 0 Å². The third-order valence-corrected chi connectivity index (χ3v) is 0.236. The van der Waals surface area contributed by atoms with Crippen LogP contribution < -0.4 is 0 Å². The molecular weight excluding hydrogens is 84.4 g/mol. The maximum atomic E-state index is 3.42. The van der Waals surface area contributed by atoms with Crippen LogP contribution in [0.15, 0.2) is 12.2 Å². The average Bonchev–Trinajstić information content (AvgIpc) is 1.37. The molecule has 0 aliphatic rings. The van der Waals surface area contributed by atoms with E-state index >= 15 is 0 Å². The molecule has 0 aliphatic heterocycles. The Morgan fingerprint density at radius 1 is 1.50 bits per heavy atom. The van der Waals surface area contributed by atoms with E-state index in [1.807, 2.05) is 13.0 Å². The van der Waals surface area contributed by atoms with E-state index in [4.69, 9.17) is 0 Å². The maximum absolute atomic E-state index is 3.42. The zero-order valence-electron chi connectivity index (χ0n) is 4.57. The molecule has 0 amide bonds. The van der Waals surface area contributed by atoms with E-state index in [0.29, 0.717) is 0 Å². The van der Waals surface area contributed by atoms with Crippen LogP contribution in [0, 0.1) is 14.4 Å². The molecule has 0 aromatic heterocycles. The van der Waals surface area contributed by atoms with Gasteiger partial charge in [-0.25, -0.2) is 19.1 Å². The van der Waals surface area contributed by atoms with Crippen molar-refractivity contribution in [3.63, 3.8) is 0 Å². The molecule has 0 unspecified atom stereocenters. The Balaban J connectivity index is -0.0000000450. The van der Waals surface area contributed by atoms with Gasteiger partial charge in [-0.2, -0.15) is 0 Å². The zero-order chi connectivity index (χ0) is 3.41. The summed E-state index contributed by atoms with van der Waals surface area (Å²) in [6.07, 6.45) is 3.64. The molecule has 0 nitrogen and oxygen atoms in total. The summed E-state index contributed by atoms with van der Waals surface area (Å²) in [5.41, 5.74) is 0. The van der Waals surface area contributed by atoms with E-state index in [2.05, 4.69) is 6.92 Å². The Kier molecular flexibility index (Phi) is 49.1. The van der Waals surface area contributed by atoms with Gasteiger partial charge < -0.3 is 7.43 Å². The van der Waals surface area contributed by atoms with Crippen LogP contribution in [0.3, 0.4) is 0 Å². The first kappa shape index (κ1) is 16.2. The summed E-state index contributed by atoms with van der Waals surface area (Å²) in [7, 11) is 0. The van der Waals surface area contributed by atoms with E-state index in [1.54, 1.807) is 6.08 Å². The summed E-state index contributed by atoms with van der Waals surface area (Å²) >= 11 is 0. The van der Waals surface area contributed by atoms with Crippen molar-refractivity contribution in [1.82, 2.24) is 0 Å². The molecule has 0 aromatic carbocycles. The van der Waals surface area contributed by atoms with Gasteiger partial charge in [-0.1, -0.05) is 0 Å². The van der Waals surface area contributed by atoms with E-state index in [9.17, 15) is 0 Å². The van der Waals surface area contributed by atoms with Crippen LogP contribution in [-0.2, 0) is 0 Å². The molecule has 0 atom stereocenters. The second-order valence-electron chi connectivity index (χ2n) is 0.569. The van der Waals surface area contributed by atoms with Crippen LogP contribution in [0.5, 0.6) is 0 Å². The third kappa shape index (κ3) is 26.3. The fourth-order valence-corrected chi connectivity index (χ4v) is 0. The Morgan fingerprint density at radius 2 is 1.67 bits per heavy atom. The molecule has 0 rings (SSSR count). The van der Waals surface area contributed by atoms with E-state index < -0.39 is 0 Å². The number of hydrogen-bond acceptors (Lipinski definition) is 0. The van der Waals surface area contributed by atoms with Gasteiger partial charge in [0.1, 0.15) is 0 Å². The van der Waals surface area contributed by atoms with Gasteiger partial charge in [0.25, 0.3) is 0 Å². The Bertz CT molecular complexity index is 19.1. The van der Waals surface area contributed by atoms with Gasteiger partial charge >= 0.3 is 23.1 Å². The van der Waals surface area contributed by atoms with Gasteiger partial charge in [0.15, 0.2) is 0 Å². The largest absolute Gasteiger partial charge is 2.00 e. The Hall–Kier alpha value is 0.376. The molecule has 0 radical (unpaired) electrons. The predicted molar refractivity (Wildman–Crippen MR) is 32.3 cm³/mol. The van der Waals surface area contributed by atoms with Crippen molar-refractivity contribution in [1.29, 1.82) is 0 Å². The molecule has 6 heavy (non-hydrogen) atoms. The van der Waals surface area contributed by atoms with Gasteiger partial charge in [-0.05, 0) is 0 Å². The first-order chi connectivity index (χ1) is 1.91.